The number of amides is 1. The summed E-state index contributed by atoms with van der Waals surface area (Å²) >= 11 is 0. The molecule has 1 spiro atoms. The number of carbonyl (C=O) groups excluding carboxylic acids is 1. The minimum Gasteiger partial charge on any atom is -0.378 e. The Morgan fingerprint density at radius 2 is 2.08 bits per heavy atom. The van der Waals surface area contributed by atoms with Crippen LogP contribution >= 0.6 is 12.4 Å². The Morgan fingerprint density at radius 3 is 2.68 bits per heavy atom. The second-order valence-electron chi connectivity index (χ2n) is 7.65. The second-order valence-corrected chi connectivity index (χ2v) is 7.65. The minimum atomic E-state index is 0. The fourth-order valence-corrected chi connectivity index (χ4v) is 5.06. The molecule has 1 amide bonds. The Morgan fingerprint density at radius 1 is 1.32 bits per heavy atom. The van der Waals surface area contributed by atoms with Crippen LogP contribution in [0.3, 0.4) is 0 Å². The highest BCUT2D eigenvalue weighted by Crippen LogP contribution is 2.56. The van der Waals surface area contributed by atoms with E-state index in [9.17, 15) is 4.79 Å². The first kappa shape index (κ1) is 20.9. The maximum absolute atomic E-state index is 13.0. The van der Waals surface area contributed by atoms with Gasteiger partial charge in [-0.05, 0) is 32.6 Å². The fraction of sp³-hybridized carbons (Fsp3) is 0.947. The van der Waals surface area contributed by atoms with Crippen molar-refractivity contribution in [1.29, 1.82) is 0 Å². The number of rotatable bonds is 7. The summed E-state index contributed by atoms with van der Waals surface area (Å²) in [5, 5.41) is 3.41. The zero-order valence-electron chi connectivity index (χ0n) is 15.8. The summed E-state index contributed by atoms with van der Waals surface area (Å²) in [6.45, 7) is 8.17. The Balaban J connectivity index is 0.00000225. The van der Waals surface area contributed by atoms with Gasteiger partial charge >= 0.3 is 0 Å². The van der Waals surface area contributed by atoms with Gasteiger partial charge in [0.05, 0.1) is 19.3 Å². The van der Waals surface area contributed by atoms with E-state index in [4.69, 9.17) is 9.47 Å². The van der Waals surface area contributed by atoms with E-state index in [0.29, 0.717) is 31.1 Å². The third-order valence-electron chi connectivity index (χ3n) is 6.23. The molecule has 1 saturated heterocycles. The van der Waals surface area contributed by atoms with Crippen LogP contribution in [0, 0.1) is 5.41 Å². The average Bonchev–Trinajstić information content (AvgIpc) is 3.10. The summed E-state index contributed by atoms with van der Waals surface area (Å²) in [5.74, 6) is 0.297. The molecule has 25 heavy (non-hydrogen) atoms. The van der Waals surface area contributed by atoms with Crippen LogP contribution in [0.15, 0.2) is 0 Å². The average molecular weight is 375 g/mol. The molecule has 1 aliphatic heterocycles. The Hall–Kier alpha value is -0.360. The number of morpholine rings is 1. The van der Waals surface area contributed by atoms with E-state index in [-0.39, 0.29) is 23.9 Å². The summed E-state index contributed by atoms with van der Waals surface area (Å²) in [5.41, 5.74) is 0.233. The van der Waals surface area contributed by atoms with Gasteiger partial charge in [-0.25, -0.2) is 0 Å². The Labute approximate surface area is 158 Å². The van der Waals surface area contributed by atoms with Gasteiger partial charge in [-0.2, -0.15) is 0 Å². The van der Waals surface area contributed by atoms with E-state index >= 15 is 0 Å². The number of hydrogen-bond acceptors (Lipinski definition) is 4. The number of carbonyl (C=O) groups is 1. The van der Waals surface area contributed by atoms with E-state index in [2.05, 4.69) is 24.1 Å². The van der Waals surface area contributed by atoms with Crippen molar-refractivity contribution >= 4 is 18.3 Å². The van der Waals surface area contributed by atoms with Crippen LogP contribution in [0.5, 0.6) is 0 Å². The van der Waals surface area contributed by atoms with E-state index in [1.165, 1.54) is 25.7 Å². The molecule has 3 rings (SSSR count). The fourth-order valence-electron chi connectivity index (χ4n) is 5.06. The predicted octanol–water partition coefficient (Wildman–Crippen LogP) is 2.76. The van der Waals surface area contributed by atoms with Crippen molar-refractivity contribution in [3.63, 3.8) is 0 Å². The predicted molar refractivity (Wildman–Crippen MR) is 101 cm³/mol. The molecule has 0 bridgehead atoms. The lowest BCUT2D eigenvalue weighted by Gasteiger charge is -2.58. The highest BCUT2D eigenvalue weighted by Gasteiger charge is 2.59. The van der Waals surface area contributed by atoms with Gasteiger partial charge in [-0.3, -0.25) is 4.79 Å². The van der Waals surface area contributed by atoms with Crippen molar-refractivity contribution in [3.05, 3.63) is 0 Å². The van der Waals surface area contributed by atoms with E-state index in [1.807, 2.05) is 0 Å². The van der Waals surface area contributed by atoms with Gasteiger partial charge in [-0.1, -0.05) is 19.8 Å². The zero-order valence-corrected chi connectivity index (χ0v) is 16.6. The molecule has 5 nitrogen and oxygen atoms in total. The first-order valence-electron chi connectivity index (χ1n) is 9.93. The second kappa shape index (κ2) is 9.54. The number of nitrogens with zero attached hydrogens (tertiary/aromatic N) is 1. The number of ether oxygens (including phenoxy) is 2. The van der Waals surface area contributed by atoms with Crippen molar-refractivity contribution < 1.29 is 14.3 Å². The van der Waals surface area contributed by atoms with Crippen LogP contribution in [0.2, 0.25) is 0 Å². The Kier molecular flexibility index (Phi) is 7.99. The third kappa shape index (κ3) is 4.32. The molecule has 0 aromatic heterocycles. The maximum atomic E-state index is 13.0. The molecule has 146 valence electrons. The highest BCUT2D eigenvalue weighted by molar-refractivity contribution is 5.85. The normalized spacial score (nSPS) is 30.6. The summed E-state index contributed by atoms with van der Waals surface area (Å²) in [6.07, 6.45) is 7.98. The van der Waals surface area contributed by atoms with Gasteiger partial charge in [0, 0.05) is 43.6 Å². The van der Waals surface area contributed by atoms with Crippen LogP contribution in [-0.2, 0) is 14.3 Å². The van der Waals surface area contributed by atoms with Crippen LogP contribution in [0.25, 0.3) is 0 Å². The third-order valence-corrected chi connectivity index (χ3v) is 6.23. The molecule has 1 N–H and O–H groups in total. The summed E-state index contributed by atoms with van der Waals surface area (Å²) < 4.78 is 11.5. The molecule has 6 heteroatoms. The van der Waals surface area contributed by atoms with Gasteiger partial charge in [0.15, 0.2) is 0 Å². The number of halogens is 1. The largest absolute Gasteiger partial charge is 0.378 e. The molecule has 3 atom stereocenters. The summed E-state index contributed by atoms with van der Waals surface area (Å²) in [7, 11) is 0. The first-order valence-corrected chi connectivity index (χ1v) is 9.93. The van der Waals surface area contributed by atoms with Gasteiger partial charge < -0.3 is 19.7 Å². The van der Waals surface area contributed by atoms with Crippen LogP contribution in [-0.4, -0.2) is 61.9 Å². The quantitative estimate of drug-likeness (QED) is 0.744. The molecule has 0 aromatic rings. The lowest BCUT2D eigenvalue weighted by Crippen LogP contribution is -2.65. The van der Waals surface area contributed by atoms with Crippen molar-refractivity contribution in [2.75, 3.05) is 32.9 Å². The van der Waals surface area contributed by atoms with Gasteiger partial charge in [0.2, 0.25) is 5.91 Å². The molecule has 2 saturated carbocycles. The molecular formula is C19H35ClN2O3. The van der Waals surface area contributed by atoms with Crippen molar-refractivity contribution in [2.24, 2.45) is 5.41 Å². The van der Waals surface area contributed by atoms with Crippen LogP contribution < -0.4 is 5.32 Å². The highest BCUT2D eigenvalue weighted by atomic mass is 35.5. The number of nitrogens with one attached hydrogen (secondary N) is 1. The molecule has 1 heterocycles. The zero-order chi connectivity index (χ0) is 17.0. The topological polar surface area (TPSA) is 50.8 Å². The standard InChI is InChI=1S/C19H34N2O3.ClH/c1-3-10-21(18(22)12-15-14-23-11-9-20-15)16-13-17(24-4-2)19(16)7-5-6-8-19;/h15-17,20H,3-14H2,1-2H3;1H. The van der Waals surface area contributed by atoms with E-state index in [0.717, 1.165) is 39.1 Å². The smallest absolute Gasteiger partial charge is 0.224 e. The molecule has 3 aliphatic rings. The van der Waals surface area contributed by atoms with E-state index < -0.39 is 0 Å². The van der Waals surface area contributed by atoms with E-state index in [1.54, 1.807) is 0 Å². The van der Waals surface area contributed by atoms with Crippen molar-refractivity contribution in [1.82, 2.24) is 10.2 Å². The Bertz CT molecular complexity index is 423. The molecule has 3 unspecified atom stereocenters. The minimum absolute atomic E-state index is 0. The molecular weight excluding hydrogens is 340 g/mol. The lowest BCUT2D eigenvalue weighted by molar-refractivity contribution is -0.177. The molecule has 0 radical (unpaired) electrons. The lowest BCUT2D eigenvalue weighted by atomic mass is 9.59. The SMILES string of the molecule is CCCN(C(=O)CC1COCCN1)C1CC(OCC)C12CCCC2.Cl. The number of hydrogen-bond donors (Lipinski definition) is 1. The van der Waals surface area contributed by atoms with Crippen LogP contribution in [0.4, 0.5) is 0 Å². The molecule has 0 aromatic carbocycles. The van der Waals surface area contributed by atoms with Gasteiger partial charge in [-0.15, -0.1) is 12.4 Å². The summed E-state index contributed by atoms with van der Waals surface area (Å²) in [6, 6.07) is 0.557. The van der Waals surface area contributed by atoms with Crippen molar-refractivity contribution in [2.45, 2.75) is 77.0 Å². The summed E-state index contributed by atoms with van der Waals surface area (Å²) in [4.78, 5) is 15.2. The first-order chi connectivity index (χ1) is 11.7. The monoisotopic (exact) mass is 374 g/mol. The van der Waals surface area contributed by atoms with Gasteiger partial charge in [0.25, 0.3) is 0 Å². The molecule has 2 aliphatic carbocycles. The van der Waals surface area contributed by atoms with Gasteiger partial charge in [0.1, 0.15) is 0 Å². The van der Waals surface area contributed by atoms with Crippen LogP contribution in [0.1, 0.15) is 58.8 Å². The molecule has 3 fully saturated rings. The maximum Gasteiger partial charge on any atom is 0.224 e. The van der Waals surface area contributed by atoms with Crippen molar-refractivity contribution in [3.8, 4) is 0 Å².